The molecule has 0 aliphatic rings. The van der Waals surface area contributed by atoms with Gasteiger partial charge >= 0.3 is 0 Å². The number of carbonyl (C=O) groups is 2. The van der Waals surface area contributed by atoms with E-state index in [1.54, 1.807) is 37.3 Å². The van der Waals surface area contributed by atoms with Crippen molar-refractivity contribution in [2.75, 3.05) is 38.4 Å². The molecule has 2 aromatic carbocycles. The number of sulfonamides is 1. The first kappa shape index (κ1) is 26.3. The van der Waals surface area contributed by atoms with Gasteiger partial charge in [0.1, 0.15) is 24.1 Å². The normalized spacial score (nSPS) is 11.9. The van der Waals surface area contributed by atoms with Gasteiger partial charge in [-0.3, -0.25) is 13.9 Å². The van der Waals surface area contributed by atoms with Crippen molar-refractivity contribution in [2.24, 2.45) is 0 Å². The number of hydrogen-bond donors (Lipinski definition) is 1. The van der Waals surface area contributed by atoms with Gasteiger partial charge in [0.2, 0.25) is 21.8 Å². The van der Waals surface area contributed by atoms with E-state index in [1.165, 1.54) is 38.3 Å². The molecule has 2 amide bonds. The summed E-state index contributed by atoms with van der Waals surface area (Å²) in [6.45, 7) is 1.09. The number of hydrogen-bond acceptors (Lipinski definition) is 6. The fraction of sp³-hybridized carbons (Fsp3) is 0.364. The molecule has 0 saturated carbocycles. The fourth-order valence-corrected chi connectivity index (χ4v) is 4.28. The number of anilines is 1. The number of methoxy groups -OCH3 is 2. The molecule has 0 aliphatic carbocycles. The predicted molar refractivity (Wildman–Crippen MR) is 127 cm³/mol. The summed E-state index contributed by atoms with van der Waals surface area (Å²) < 4.78 is 36.7. The zero-order chi connectivity index (χ0) is 24.8. The number of nitrogens with one attached hydrogen (secondary N) is 1. The van der Waals surface area contributed by atoms with Crippen molar-refractivity contribution in [3.63, 3.8) is 0 Å². The molecular formula is C22H28ClN3O6S. The monoisotopic (exact) mass is 497 g/mol. The Morgan fingerprint density at radius 1 is 1.12 bits per heavy atom. The highest BCUT2D eigenvalue weighted by atomic mass is 35.5. The van der Waals surface area contributed by atoms with Gasteiger partial charge in [-0.2, -0.15) is 0 Å². The number of halogens is 1. The van der Waals surface area contributed by atoms with E-state index in [9.17, 15) is 18.0 Å². The number of carbonyl (C=O) groups excluding carboxylic acids is 2. The zero-order valence-electron chi connectivity index (χ0n) is 19.2. The molecule has 1 N–H and O–H groups in total. The SMILES string of the molecule is CNC(=O)C(C)N(Cc1cccc(Cl)c1)C(=O)CN(c1ccc(OC)cc1OC)S(C)(=O)=O. The van der Waals surface area contributed by atoms with Gasteiger partial charge in [-0.15, -0.1) is 0 Å². The Morgan fingerprint density at radius 2 is 1.82 bits per heavy atom. The maximum atomic E-state index is 13.4. The maximum absolute atomic E-state index is 13.4. The van der Waals surface area contributed by atoms with Gasteiger partial charge in [0, 0.05) is 24.7 Å². The number of ether oxygens (including phenoxy) is 2. The Hall–Kier alpha value is -2.98. The van der Waals surface area contributed by atoms with E-state index in [4.69, 9.17) is 21.1 Å². The highest BCUT2D eigenvalue weighted by Gasteiger charge is 2.31. The number of amides is 2. The fourth-order valence-electron chi connectivity index (χ4n) is 3.21. The van der Waals surface area contributed by atoms with Crippen LogP contribution in [-0.2, 0) is 26.2 Å². The Morgan fingerprint density at radius 3 is 2.36 bits per heavy atom. The summed E-state index contributed by atoms with van der Waals surface area (Å²) in [4.78, 5) is 27.0. The van der Waals surface area contributed by atoms with Crippen LogP contribution in [-0.4, -0.2) is 65.2 Å². The first-order chi connectivity index (χ1) is 15.5. The molecule has 9 nitrogen and oxygen atoms in total. The van der Waals surface area contributed by atoms with Crippen LogP contribution in [0.5, 0.6) is 11.5 Å². The molecule has 0 aromatic heterocycles. The first-order valence-corrected chi connectivity index (χ1v) is 12.2. The van der Waals surface area contributed by atoms with Crippen LogP contribution in [0.4, 0.5) is 5.69 Å². The van der Waals surface area contributed by atoms with E-state index < -0.39 is 34.4 Å². The standard InChI is InChI=1S/C22H28ClN3O6S/c1-15(22(28)24-2)25(13-16-7-6-8-17(23)11-16)21(27)14-26(33(5,29)30)19-10-9-18(31-3)12-20(19)32-4/h6-12,15H,13-14H2,1-5H3,(H,24,28). The van der Waals surface area contributed by atoms with Crippen molar-refractivity contribution in [3.8, 4) is 11.5 Å². The summed E-state index contributed by atoms with van der Waals surface area (Å²) in [5, 5.41) is 3.00. The van der Waals surface area contributed by atoms with Gasteiger partial charge in [-0.25, -0.2) is 8.42 Å². The average molecular weight is 498 g/mol. The zero-order valence-corrected chi connectivity index (χ0v) is 20.7. The van der Waals surface area contributed by atoms with Crippen LogP contribution in [0.15, 0.2) is 42.5 Å². The van der Waals surface area contributed by atoms with Crippen LogP contribution in [0.25, 0.3) is 0 Å². The van der Waals surface area contributed by atoms with Gasteiger partial charge < -0.3 is 19.7 Å². The van der Waals surface area contributed by atoms with E-state index in [0.717, 1.165) is 10.6 Å². The third-order valence-electron chi connectivity index (χ3n) is 4.99. The Bertz CT molecular complexity index is 1110. The lowest BCUT2D eigenvalue weighted by Gasteiger charge is -2.31. The smallest absolute Gasteiger partial charge is 0.244 e. The summed E-state index contributed by atoms with van der Waals surface area (Å²) in [6, 6.07) is 10.6. The molecule has 0 aliphatic heterocycles. The van der Waals surface area contributed by atoms with Crippen molar-refractivity contribution >= 4 is 39.1 Å². The number of rotatable bonds is 10. The van der Waals surface area contributed by atoms with Crippen LogP contribution in [0.3, 0.4) is 0 Å². The minimum atomic E-state index is -3.89. The van der Waals surface area contributed by atoms with E-state index in [0.29, 0.717) is 16.3 Å². The topological polar surface area (TPSA) is 105 Å². The molecule has 0 bridgehead atoms. The summed E-state index contributed by atoms with van der Waals surface area (Å²) in [7, 11) is 0.439. The van der Waals surface area contributed by atoms with E-state index in [1.807, 2.05) is 0 Å². The summed E-state index contributed by atoms with van der Waals surface area (Å²) in [6.07, 6.45) is 0.993. The quantitative estimate of drug-likeness (QED) is 0.540. The van der Waals surface area contributed by atoms with Crippen molar-refractivity contribution in [2.45, 2.75) is 19.5 Å². The van der Waals surface area contributed by atoms with Crippen molar-refractivity contribution in [1.29, 1.82) is 0 Å². The lowest BCUT2D eigenvalue weighted by Crippen LogP contribution is -2.50. The third kappa shape index (κ3) is 6.75. The van der Waals surface area contributed by atoms with Crippen LogP contribution < -0.4 is 19.1 Å². The average Bonchev–Trinajstić information content (AvgIpc) is 2.78. The minimum Gasteiger partial charge on any atom is -0.497 e. The highest BCUT2D eigenvalue weighted by Crippen LogP contribution is 2.33. The van der Waals surface area contributed by atoms with Crippen LogP contribution in [0, 0.1) is 0 Å². The van der Waals surface area contributed by atoms with Crippen molar-refractivity contribution < 1.29 is 27.5 Å². The second-order valence-corrected chi connectivity index (χ2v) is 9.59. The lowest BCUT2D eigenvalue weighted by molar-refractivity contribution is -0.139. The predicted octanol–water partition coefficient (Wildman–Crippen LogP) is 2.29. The molecule has 0 saturated heterocycles. The molecule has 1 unspecified atom stereocenters. The Labute approximate surface area is 199 Å². The highest BCUT2D eigenvalue weighted by molar-refractivity contribution is 7.92. The third-order valence-corrected chi connectivity index (χ3v) is 6.35. The number of likely N-dealkylation sites (N-methyl/N-ethyl adjacent to an activating group) is 1. The second-order valence-electron chi connectivity index (χ2n) is 7.25. The molecule has 180 valence electrons. The molecule has 33 heavy (non-hydrogen) atoms. The van der Waals surface area contributed by atoms with E-state index in [-0.39, 0.29) is 18.0 Å². The van der Waals surface area contributed by atoms with Gasteiger partial charge in [0.15, 0.2) is 0 Å². The largest absolute Gasteiger partial charge is 0.497 e. The molecule has 1 atom stereocenters. The molecule has 2 aromatic rings. The molecule has 0 fully saturated rings. The lowest BCUT2D eigenvalue weighted by atomic mass is 10.1. The van der Waals surface area contributed by atoms with Gasteiger partial charge in [0.25, 0.3) is 0 Å². The minimum absolute atomic E-state index is 0.0608. The van der Waals surface area contributed by atoms with E-state index >= 15 is 0 Å². The van der Waals surface area contributed by atoms with Crippen molar-refractivity contribution in [3.05, 3.63) is 53.1 Å². The Kier molecular flexibility index (Phi) is 8.95. The second kappa shape index (κ2) is 11.2. The number of nitrogens with zero attached hydrogens (tertiary/aromatic N) is 2. The molecule has 0 spiro atoms. The van der Waals surface area contributed by atoms with Crippen molar-refractivity contribution in [1.82, 2.24) is 10.2 Å². The van der Waals surface area contributed by atoms with Gasteiger partial charge in [-0.05, 0) is 36.8 Å². The van der Waals surface area contributed by atoms with Gasteiger partial charge in [0.05, 0.1) is 26.2 Å². The van der Waals surface area contributed by atoms with E-state index in [2.05, 4.69) is 5.32 Å². The molecule has 0 radical (unpaired) electrons. The molecule has 11 heteroatoms. The Balaban J connectivity index is 2.45. The summed E-state index contributed by atoms with van der Waals surface area (Å²) in [5.41, 5.74) is 0.865. The summed E-state index contributed by atoms with van der Waals surface area (Å²) >= 11 is 6.07. The molecule has 2 rings (SSSR count). The molecular weight excluding hydrogens is 470 g/mol. The van der Waals surface area contributed by atoms with Crippen LogP contribution >= 0.6 is 11.6 Å². The first-order valence-electron chi connectivity index (χ1n) is 9.97. The molecule has 0 heterocycles. The van der Waals surface area contributed by atoms with Crippen LogP contribution in [0.2, 0.25) is 5.02 Å². The summed E-state index contributed by atoms with van der Waals surface area (Å²) in [5.74, 6) is -0.285. The number of benzene rings is 2. The van der Waals surface area contributed by atoms with Gasteiger partial charge in [-0.1, -0.05) is 23.7 Å². The van der Waals surface area contributed by atoms with Crippen LogP contribution in [0.1, 0.15) is 12.5 Å². The maximum Gasteiger partial charge on any atom is 0.244 e.